The fourth-order valence-electron chi connectivity index (χ4n) is 6.58. The molecule has 0 heterocycles. The zero-order valence-corrected chi connectivity index (χ0v) is 36.5. The number of unbranched alkanes of at least 4 members (excludes halogenated alkanes) is 27. The highest BCUT2D eigenvalue weighted by Crippen LogP contribution is 2.16. The highest BCUT2D eigenvalue weighted by molar-refractivity contribution is 4.52. The number of hydrogen-bond donors (Lipinski definition) is 1. The van der Waals surface area contributed by atoms with Crippen LogP contribution in [0.4, 0.5) is 0 Å². The van der Waals surface area contributed by atoms with Gasteiger partial charge in [-0.05, 0) is 6.42 Å². The Balaban J connectivity index is 3.05. The number of aliphatic hydroxyl groups excluding tert-OH is 1. The smallest absolute Gasteiger partial charge is 0.0701 e. The molecule has 0 rings (SSSR count). The van der Waals surface area contributed by atoms with E-state index < -0.39 is 0 Å². The van der Waals surface area contributed by atoms with E-state index in [4.69, 9.17) is 43.0 Å². The molecule has 9 nitrogen and oxygen atoms in total. The molecule has 0 unspecified atom stereocenters. The van der Waals surface area contributed by atoms with Gasteiger partial charge in [-0.2, -0.15) is 0 Å². The van der Waals surface area contributed by atoms with Gasteiger partial charge in [0, 0.05) is 6.61 Å². The molecule has 1 N–H and O–H groups in total. The molecule has 0 aromatic rings. The monoisotopic (exact) mass is 791 g/mol. The second-order valence-corrected chi connectivity index (χ2v) is 15.2. The average molecular weight is 791 g/mol. The molecule has 0 radical (unpaired) electrons. The predicted molar refractivity (Wildman–Crippen MR) is 229 cm³/mol. The largest absolute Gasteiger partial charge is 0.394 e. The van der Waals surface area contributed by atoms with Gasteiger partial charge >= 0.3 is 0 Å². The van der Waals surface area contributed by atoms with Crippen molar-refractivity contribution in [1.29, 1.82) is 0 Å². The molecule has 0 fully saturated rings. The van der Waals surface area contributed by atoms with Gasteiger partial charge in [-0.15, -0.1) is 0 Å². The third kappa shape index (κ3) is 53.6. The summed E-state index contributed by atoms with van der Waals surface area (Å²) in [4.78, 5) is 0. The molecule has 0 bridgehead atoms. The van der Waals surface area contributed by atoms with Crippen molar-refractivity contribution in [3.63, 3.8) is 0 Å². The Hall–Kier alpha value is -0.360. The second kappa shape index (κ2) is 53.6. The van der Waals surface area contributed by atoms with Crippen LogP contribution in [0.25, 0.3) is 0 Å². The van der Waals surface area contributed by atoms with Crippen LogP contribution in [-0.4, -0.2) is 117 Å². The molecule has 0 aliphatic carbocycles. The molecule has 0 aromatic heterocycles. The van der Waals surface area contributed by atoms with Crippen LogP contribution < -0.4 is 0 Å². The maximum atomic E-state index is 8.60. The van der Waals surface area contributed by atoms with Crippen molar-refractivity contribution in [3.05, 3.63) is 0 Å². The summed E-state index contributed by atoms with van der Waals surface area (Å²) in [6.45, 7) is 11.2. The minimum absolute atomic E-state index is 0.0354. The molecule has 0 amide bonds. The van der Waals surface area contributed by atoms with E-state index in [1.807, 2.05) is 0 Å². The van der Waals surface area contributed by atoms with E-state index in [-0.39, 0.29) is 6.61 Å². The lowest BCUT2D eigenvalue weighted by atomic mass is 10.0. The van der Waals surface area contributed by atoms with E-state index >= 15 is 0 Å². The fraction of sp³-hybridized carbons (Fsp3) is 1.00. The first-order valence-electron chi connectivity index (χ1n) is 23.6. The van der Waals surface area contributed by atoms with Gasteiger partial charge in [0.05, 0.1) is 106 Å². The maximum Gasteiger partial charge on any atom is 0.0701 e. The lowest BCUT2D eigenvalue weighted by Gasteiger charge is -2.08. The van der Waals surface area contributed by atoms with Crippen molar-refractivity contribution in [2.24, 2.45) is 0 Å². The number of rotatable bonds is 52. The maximum absolute atomic E-state index is 8.60. The van der Waals surface area contributed by atoms with Crippen molar-refractivity contribution in [1.82, 2.24) is 0 Å². The SMILES string of the molecule is CCCCCCCCCCCCCCCCCCCCCCCCCCCCCCOCCOCCOCCOCCOCCOCCOCCOCCO. The van der Waals surface area contributed by atoms with Crippen LogP contribution in [0, 0.1) is 0 Å². The minimum atomic E-state index is 0.0354. The molecule has 0 spiro atoms. The lowest BCUT2D eigenvalue weighted by Crippen LogP contribution is -2.15. The number of ether oxygens (including phenoxy) is 8. The van der Waals surface area contributed by atoms with Crippen LogP contribution in [0.1, 0.15) is 187 Å². The summed E-state index contributed by atoms with van der Waals surface area (Å²) in [7, 11) is 0. The van der Waals surface area contributed by atoms with Gasteiger partial charge in [-0.25, -0.2) is 0 Å². The van der Waals surface area contributed by atoms with Crippen molar-refractivity contribution < 1.29 is 43.0 Å². The predicted octanol–water partition coefficient (Wildman–Crippen LogP) is 11.1. The van der Waals surface area contributed by atoms with Crippen LogP contribution in [0.15, 0.2) is 0 Å². The van der Waals surface area contributed by atoms with Crippen molar-refractivity contribution in [2.45, 2.75) is 187 Å². The highest BCUT2D eigenvalue weighted by atomic mass is 16.6. The van der Waals surface area contributed by atoms with Crippen LogP contribution >= 0.6 is 0 Å². The van der Waals surface area contributed by atoms with E-state index in [1.54, 1.807) is 0 Å². The first-order valence-corrected chi connectivity index (χ1v) is 23.6. The summed E-state index contributed by atoms with van der Waals surface area (Å²) in [5.41, 5.74) is 0. The molecule has 0 saturated heterocycles. The van der Waals surface area contributed by atoms with Gasteiger partial charge in [-0.1, -0.05) is 180 Å². The molecule has 55 heavy (non-hydrogen) atoms. The van der Waals surface area contributed by atoms with Crippen LogP contribution in [0.5, 0.6) is 0 Å². The summed E-state index contributed by atoms with van der Waals surface area (Å²) in [6.07, 6.45) is 40.0. The van der Waals surface area contributed by atoms with E-state index in [0.29, 0.717) is 99.1 Å². The molecule has 0 aliphatic rings. The standard InChI is InChI=1S/C46H94O9/c1-2-3-4-5-6-7-8-9-10-11-12-13-14-15-16-17-18-19-20-21-22-23-24-25-26-27-28-29-31-48-33-35-50-37-39-52-41-43-54-45-46-55-44-42-53-40-38-51-36-34-49-32-30-47/h47H,2-46H2,1H3. The average Bonchev–Trinajstić information content (AvgIpc) is 3.20. The normalized spacial score (nSPS) is 11.7. The van der Waals surface area contributed by atoms with Gasteiger partial charge in [0.1, 0.15) is 0 Å². The van der Waals surface area contributed by atoms with Gasteiger partial charge in [-0.3, -0.25) is 0 Å². The zero-order chi connectivity index (χ0) is 39.5. The topological polar surface area (TPSA) is 94.1 Å². The Morgan fingerprint density at radius 2 is 0.364 bits per heavy atom. The summed E-state index contributed by atoms with van der Waals surface area (Å²) in [6, 6.07) is 0. The third-order valence-electron chi connectivity index (χ3n) is 9.98. The Kier molecular flexibility index (Phi) is 53.3. The molecule has 0 aromatic carbocycles. The first-order chi connectivity index (χ1) is 27.4. The van der Waals surface area contributed by atoms with Gasteiger partial charge < -0.3 is 43.0 Å². The quantitative estimate of drug-likeness (QED) is 0.0604. The van der Waals surface area contributed by atoms with Gasteiger partial charge in [0.25, 0.3) is 0 Å². The fourth-order valence-corrected chi connectivity index (χ4v) is 6.58. The summed E-state index contributed by atoms with van der Waals surface area (Å²) >= 11 is 0. The number of hydrogen-bond acceptors (Lipinski definition) is 9. The van der Waals surface area contributed by atoms with Crippen LogP contribution in [0.3, 0.4) is 0 Å². The van der Waals surface area contributed by atoms with Crippen LogP contribution in [0.2, 0.25) is 0 Å². The van der Waals surface area contributed by atoms with Gasteiger partial charge in [0.15, 0.2) is 0 Å². The summed E-state index contributed by atoms with van der Waals surface area (Å²) in [5.74, 6) is 0. The molecule has 0 aliphatic heterocycles. The van der Waals surface area contributed by atoms with E-state index in [1.165, 1.54) is 173 Å². The molecule has 9 heteroatoms. The summed E-state index contributed by atoms with van der Waals surface area (Å²) in [5, 5.41) is 8.60. The lowest BCUT2D eigenvalue weighted by molar-refractivity contribution is -0.0238. The Bertz CT molecular complexity index is 591. The Morgan fingerprint density at radius 3 is 0.564 bits per heavy atom. The van der Waals surface area contributed by atoms with Gasteiger partial charge in [0.2, 0.25) is 0 Å². The highest BCUT2D eigenvalue weighted by Gasteiger charge is 1.99. The van der Waals surface area contributed by atoms with E-state index in [0.717, 1.165) is 13.0 Å². The van der Waals surface area contributed by atoms with Crippen molar-refractivity contribution in [2.75, 3.05) is 112 Å². The minimum Gasteiger partial charge on any atom is -0.394 e. The zero-order valence-electron chi connectivity index (χ0n) is 36.5. The molecule has 0 saturated carbocycles. The molecular weight excluding hydrogens is 696 g/mol. The third-order valence-corrected chi connectivity index (χ3v) is 9.98. The van der Waals surface area contributed by atoms with Crippen LogP contribution in [-0.2, 0) is 37.9 Å². The summed E-state index contributed by atoms with van der Waals surface area (Å²) < 4.78 is 43.7. The molecular formula is C46H94O9. The van der Waals surface area contributed by atoms with Crippen molar-refractivity contribution in [3.8, 4) is 0 Å². The Labute approximate surface area is 341 Å². The van der Waals surface area contributed by atoms with E-state index in [9.17, 15) is 0 Å². The van der Waals surface area contributed by atoms with E-state index in [2.05, 4.69) is 6.92 Å². The molecule has 332 valence electrons. The van der Waals surface area contributed by atoms with Crippen molar-refractivity contribution >= 4 is 0 Å². The molecule has 0 atom stereocenters. The second-order valence-electron chi connectivity index (χ2n) is 15.2. The number of aliphatic hydroxyl groups is 1. The Morgan fingerprint density at radius 1 is 0.200 bits per heavy atom. The first kappa shape index (κ1) is 54.6.